The van der Waals surface area contributed by atoms with E-state index < -0.39 is 24.3 Å². The second kappa shape index (κ2) is 13.9. The molecule has 18 heteroatoms. The van der Waals surface area contributed by atoms with Crippen LogP contribution >= 0.6 is 0 Å². The number of carboxylic acid groups (broad SMARTS) is 2. The molecule has 0 saturated heterocycles. The summed E-state index contributed by atoms with van der Waals surface area (Å²) in [6.45, 7) is 3.25. The molecule has 0 bridgehead atoms. The molecular weight excluding hydrogens is 556 g/mol. The molecule has 0 fully saturated rings. The molecule has 0 aliphatic carbocycles. The number of hydrogen-bond donors (Lipinski definition) is 3. The summed E-state index contributed by atoms with van der Waals surface area (Å²) in [7, 11) is 1.61. The van der Waals surface area contributed by atoms with Crippen LogP contribution in [0.15, 0.2) is 49.1 Å². The molecule has 218 valence electrons. The van der Waals surface area contributed by atoms with E-state index in [9.17, 15) is 26.3 Å². The van der Waals surface area contributed by atoms with Crippen molar-refractivity contribution in [1.82, 2.24) is 24.7 Å². The number of aromatic nitrogens is 5. The van der Waals surface area contributed by atoms with Gasteiger partial charge in [0.25, 0.3) is 0 Å². The van der Waals surface area contributed by atoms with E-state index in [1.807, 2.05) is 30.5 Å². The zero-order valence-electron chi connectivity index (χ0n) is 20.6. The lowest BCUT2D eigenvalue weighted by Gasteiger charge is -2.25. The summed E-state index contributed by atoms with van der Waals surface area (Å²) in [4.78, 5) is 32.9. The Hall–Kier alpha value is -4.64. The maximum Gasteiger partial charge on any atom is 0.490 e. The van der Waals surface area contributed by atoms with Crippen molar-refractivity contribution < 1.29 is 50.9 Å². The minimum Gasteiger partial charge on any atom is -0.481 e. The van der Waals surface area contributed by atoms with Gasteiger partial charge in [-0.1, -0.05) is 6.07 Å². The molecule has 3 aromatic heterocycles. The highest BCUT2D eigenvalue weighted by atomic mass is 19.4. The number of nitrogens with one attached hydrogen (secondary N) is 1. The van der Waals surface area contributed by atoms with Gasteiger partial charge in [-0.3, -0.25) is 4.68 Å². The molecule has 1 atom stereocenters. The Kier molecular flexibility index (Phi) is 11.0. The van der Waals surface area contributed by atoms with Gasteiger partial charge in [0.2, 0.25) is 5.88 Å². The average molecular weight is 579 g/mol. The first-order valence-electron chi connectivity index (χ1n) is 11.1. The lowest BCUT2D eigenvalue weighted by molar-refractivity contribution is -0.193. The highest BCUT2D eigenvalue weighted by Crippen LogP contribution is 2.23. The van der Waals surface area contributed by atoms with Crippen molar-refractivity contribution in [2.75, 3.05) is 30.4 Å². The molecule has 4 heterocycles. The number of fused-ring (bicyclic) bond motifs is 1. The summed E-state index contributed by atoms with van der Waals surface area (Å²) in [5.74, 6) is -2.86. The Morgan fingerprint density at radius 2 is 1.65 bits per heavy atom. The molecule has 1 aliphatic heterocycles. The van der Waals surface area contributed by atoms with Gasteiger partial charge >= 0.3 is 24.3 Å². The zero-order chi connectivity index (χ0) is 29.9. The number of anilines is 2. The van der Waals surface area contributed by atoms with Gasteiger partial charge in [-0.15, -0.1) is 0 Å². The van der Waals surface area contributed by atoms with Crippen molar-refractivity contribution in [2.24, 2.45) is 5.92 Å². The predicted octanol–water partition coefficient (Wildman–Crippen LogP) is 3.09. The Balaban J connectivity index is 0.000000333. The number of carboxylic acids is 2. The van der Waals surface area contributed by atoms with Crippen LogP contribution in [0.4, 0.5) is 38.0 Å². The van der Waals surface area contributed by atoms with Crippen molar-refractivity contribution in [3.63, 3.8) is 0 Å². The van der Waals surface area contributed by atoms with Crippen LogP contribution in [0.3, 0.4) is 0 Å². The Labute approximate surface area is 222 Å². The van der Waals surface area contributed by atoms with Crippen LogP contribution in [0, 0.1) is 5.92 Å². The second-order valence-electron chi connectivity index (χ2n) is 7.87. The molecule has 0 aromatic carbocycles. The van der Waals surface area contributed by atoms with Crippen molar-refractivity contribution in [1.29, 1.82) is 0 Å². The Morgan fingerprint density at radius 3 is 2.20 bits per heavy atom. The van der Waals surface area contributed by atoms with Gasteiger partial charge in [0.1, 0.15) is 18.0 Å². The highest BCUT2D eigenvalue weighted by molar-refractivity contribution is 5.73. The van der Waals surface area contributed by atoms with Crippen molar-refractivity contribution in [3.05, 3.63) is 54.7 Å². The quantitative estimate of drug-likeness (QED) is 0.382. The van der Waals surface area contributed by atoms with Crippen LogP contribution in [0.2, 0.25) is 0 Å². The normalized spacial score (nSPS) is 14.8. The smallest absolute Gasteiger partial charge is 0.481 e. The number of carbonyl (C=O) groups is 2. The number of halogens is 6. The first kappa shape index (κ1) is 31.6. The molecule has 0 amide bonds. The lowest BCUT2D eigenvalue weighted by atomic mass is 10.1. The van der Waals surface area contributed by atoms with Crippen LogP contribution in [0.5, 0.6) is 5.88 Å². The van der Waals surface area contributed by atoms with Gasteiger partial charge in [-0.05, 0) is 18.2 Å². The maximum atomic E-state index is 10.6. The van der Waals surface area contributed by atoms with Crippen molar-refractivity contribution in [3.8, 4) is 5.88 Å². The summed E-state index contributed by atoms with van der Waals surface area (Å²) < 4.78 is 70.8. The number of hydrogen-bond acceptors (Lipinski definition) is 9. The zero-order valence-corrected chi connectivity index (χ0v) is 20.6. The fraction of sp³-hybridized carbons (Fsp3) is 0.364. The molecule has 40 heavy (non-hydrogen) atoms. The van der Waals surface area contributed by atoms with Gasteiger partial charge in [-0.2, -0.15) is 31.4 Å². The van der Waals surface area contributed by atoms with E-state index in [2.05, 4.69) is 41.0 Å². The third-order valence-corrected chi connectivity index (χ3v) is 4.95. The first-order valence-corrected chi connectivity index (χ1v) is 11.1. The molecule has 0 radical (unpaired) electrons. The summed E-state index contributed by atoms with van der Waals surface area (Å²) in [6, 6.07) is 9.79. The third kappa shape index (κ3) is 10.3. The fourth-order valence-corrected chi connectivity index (χ4v) is 3.17. The molecule has 3 N–H and O–H groups in total. The minimum atomic E-state index is -5.08. The standard InChI is InChI=1S/C18H21N7O.2C2HF3O2/c1-26-18-8-17(21-13-22-18)24-10-14(9-20-16-4-2-3-6-19-16)11-25-15(12-24)5-7-23-25;2*3-2(4,5)1(6)7/h2-8,13-14H,9-12H2,1H3,(H,19,20);2*(H,6,7). The average Bonchev–Trinajstić information content (AvgIpc) is 3.25. The summed E-state index contributed by atoms with van der Waals surface area (Å²) in [6.07, 6.45) is -4.99. The van der Waals surface area contributed by atoms with E-state index in [1.165, 1.54) is 12.0 Å². The van der Waals surface area contributed by atoms with Crippen molar-refractivity contribution >= 4 is 23.6 Å². The molecular formula is C22H23F6N7O5. The number of rotatable bonds is 5. The van der Waals surface area contributed by atoms with Crippen LogP contribution < -0.4 is 15.0 Å². The van der Waals surface area contributed by atoms with Crippen LogP contribution in [-0.4, -0.2) is 79.4 Å². The van der Waals surface area contributed by atoms with E-state index in [1.54, 1.807) is 13.3 Å². The molecule has 4 rings (SSSR count). The van der Waals surface area contributed by atoms with Gasteiger partial charge < -0.3 is 25.2 Å². The number of nitrogens with zero attached hydrogens (tertiary/aromatic N) is 6. The molecule has 0 saturated carbocycles. The van der Waals surface area contributed by atoms with Crippen LogP contribution in [0.25, 0.3) is 0 Å². The SMILES string of the molecule is COc1cc(N2Cc3ccnn3CC(CNc3ccccn3)C2)ncn1.O=C(O)C(F)(F)F.O=C(O)C(F)(F)F. The minimum absolute atomic E-state index is 0.346. The molecule has 0 spiro atoms. The van der Waals surface area contributed by atoms with Gasteiger partial charge in [0.15, 0.2) is 0 Å². The fourth-order valence-electron chi connectivity index (χ4n) is 3.17. The first-order chi connectivity index (χ1) is 18.7. The van der Waals surface area contributed by atoms with E-state index in [-0.39, 0.29) is 0 Å². The molecule has 1 unspecified atom stereocenters. The largest absolute Gasteiger partial charge is 0.490 e. The predicted molar refractivity (Wildman–Crippen MR) is 125 cm³/mol. The highest BCUT2D eigenvalue weighted by Gasteiger charge is 2.38. The number of alkyl halides is 6. The number of methoxy groups -OCH3 is 1. The summed E-state index contributed by atoms with van der Waals surface area (Å²) >= 11 is 0. The Morgan fingerprint density at radius 1 is 1.00 bits per heavy atom. The number of pyridine rings is 1. The molecule has 3 aromatic rings. The van der Waals surface area contributed by atoms with Crippen LogP contribution in [0.1, 0.15) is 5.69 Å². The van der Waals surface area contributed by atoms with E-state index in [0.29, 0.717) is 11.8 Å². The van der Waals surface area contributed by atoms with Crippen LogP contribution in [-0.2, 0) is 22.7 Å². The number of aliphatic carboxylic acids is 2. The van der Waals surface area contributed by atoms with E-state index in [4.69, 9.17) is 24.5 Å². The maximum absolute atomic E-state index is 10.6. The summed E-state index contributed by atoms with van der Waals surface area (Å²) in [5.41, 5.74) is 1.17. The van der Waals surface area contributed by atoms with Gasteiger partial charge in [-0.25, -0.2) is 24.5 Å². The summed E-state index contributed by atoms with van der Waals surface area (Å²) in [5, 5.41) is 22.1. The molecule has 12 nitrogen and oxygen atoms in total. The van der Waals surface area contributed by atoms with Gasteiger partial charge in [0, 0.05) is 44.0 Å². The van der Waals surface area contributed by atoms with Gasteiger partial charge in [0.05, 0.1) is 19.3 Å². The lowest BCUT2D eigenvalue weighted by Crippen LogP contribution is -2.32. The van der Waals surface area contributed by atoms with E-state index in [0.717, 1.165) is 37.8 Å². The second-order valence-corrected chi connectivity index (χ2v) is 7.87. The Bertz CT molecular complexity index is 1220. The third-order valence-electron chi connectivity index (χ3n) is 4.95. The molecule has 1 aliphatic rings. The van der Waals surface area contributed by atoms with E-state index >= 15 is 0 Å². The topological polar surface area (TPSA) is 156 Å². The monoisotopic (exact) mass is 579 g/mol. The number of ether oxygens (including phenoxy) is 1. The van der Waals surface area contributed by atoms with Crippen molar-refractivity contribution in [2.45, 2.75) is 25.4 Å².